The van der Waals surface area contributed by atoms with Gasteiger partial charge in [0.1, 0.15) is 0 Å². The molecule has 0 saturated heterocycles. The number of fused-ring (bicyclic) bond motifs is 2. The van der Waals surface area contributed by atoms with Crippen molar-refractivity contribution in [2.75, 3.05) is 6.61 Å². The molecule has 0 N–H and O–H groups in total. The van der Waals surface area contributed by atoms with E-state index in [-0.39, 0.29) is 16.8 Å². The van der Waals surface area contributed by atoms with Gasteiger partial charge in [-0.05, 0) is 83.8 Å². The Morgan fingerprint density at radius 3 is 2.36 bits per heavy atom. The van der Waals surface area contributed by atoms with E-state index in [0.29, 0.717) is 6.61 Å². The summed E-state index contributed by atoms with van der Waals surface area (Å²) in [6.45, 7) is 13.7. The maximum Gasteiger partial charge on any atom is 0.330 e. The second-order valence-electron chi connectivity index (χ2n) is 9.51. The third kappa shape index (κ3) is 4.16. The number of carbonyl (C=O) groups excluding carboxylic acids is 1. The Hall–Kier alpha value is -2.09. The molecule has 0 heterocycles. The lowest BCUT2D eigenvalue weighted by atomic mass is 9.62. The van der Waals surface area contributed by atoms with E-state index in [9.17, 15) is 4.79 Å². The van der Waals surface area contributed by atoms with Gasteiger partial charge in [0.05, 0.1) is 6.61 Å². The fraction of sp³-hybridized carbons (Fsp3) is 0.500. The van der Waals surface area contributed by atoms with Gasteiger partial charge < -0.3 is 4.74 Å². The van der Waals surface area contributed by atoms with Gasteiger partial charge in [0.25, 0.3) is 0 Å². The van der Waals surface area contributed by atoms with E-state index in [2.05, 4.69) is 52.0 Å². The van der Waals surface area contributed by atoms with Gasteiger partial charge in [0, 0.05) is 6.08 Å². The van der Waals surface area contributed by atoms with Crippen molar-refractivity contribution in [1.29, 1.82) is 0 Å². The molecule has 0 spiro atoms. The molecule has 3 rings (SSSR count). The number of benzene rings is 1. The molecule has 0 unspecified atom stereocenters. The molecule has 2 heteroatoms. The van der Waals surface area contributed by atoms with Gasteiger partial charge in [-0.1, -0.05) is 58.1 Å². The third-order valence-electron chi connectivity index (χ3n) is 6.37. The summed E-state index contributed by atoms with van der Waals surface area (Å²) in [7, 11) is 0. The minimum atomic E-state index is -0.278. The van der Waals surface area contributed by atoms with Crippen molar-refractivity contribution in [1.82, 2.24) is 0 Å². The zero-order chi connectivity index (χ0) is 20.5. The molecule has 0 amide bonds. The molecule has 0 bridgehead atoms. The lowest BCUT2D eigenvalue weighted by Crippen LogP contribution is -2.34. The van der Waals surface area contributed by atoms with Crippen LogP contribution in [0.15, 0.2) is 42.0 Å². The molecule has 2 aliphatic rings. The SMILES string of the molecule is CCOC(=O)/C=C(C)/C=C/C=C1/CCc2cc3c(cc21)C(C)(C)CCC3(C)C. The van der Waals surface area contributed by atoms with Crippen LogP contribution in [-0.4, -0.2) is 12.6 Å². The van der Waals surface area contributed by atoms with Crippen molar-refractivity contribution in [3.05, 3.63) is 64.3 Å². The summed E-state index contributed by atoms with van der Waals surface area (Å²) >= 11 is 0. The zero-order valence-electron chi connectivity index (χ0n) is 18.3. The number of aryl methyl sites for hydroxylation is 1. The van der Waals surface area contributed by atoms with Crippen molar-refractivity contribution in [2.24, 2.45) is 0 Å². The van der Waals surface area contributed by atoms with Gasteiger partial charge >= 0.3 is 5.97 Å². The van der Waals surface area contributed by atoms with E-state index in [1.165, 1.54) is 35.1 Å². The highest BCUT2D eigenvalue weighted by atomic mass is 16.5. The fourth-order valence-corrected chi connectivity index (χ4v) is 4.48. The fourth-order valence-electron chi connectivity index (χ4n) is 4.48. The Bertz CT molecular complexity index is 863. The number of allylic oxidation sites excluding steroid dienone is 5. The lowest BCUT2D eigenvalue weighted by Gasteiger charge is -2.42. The van der Waals surface area contributed by atoms with Crippen LogP contribution < -0.4 is 0 Å². The molecule has 2 aliphatic carbocycles. The van der Waals surface area contributed by atoms with Gasteiger partial charge in [0.2, 0.25) is 0 Å². The first kappa shape index (κ1) is 20.6. The topological polar surface area (TPSA) is 26.3 Å². The van der Waals surface area contributed by atoms with Crippen molar-refractivity contribution in [2.45, 2.75) is 78.1 Å². The molecule has 0 atom stereocenters. The number of carbonyl (C=O) groups is 1. The first-order chi connectivity index (χ1) is 13.1. The van der Waals surface area contributed by atoms with Crippen LogP contribution in [0.3, 0.4) is 0 Å². The van der Waals surface area contributed by atoms with Crippen molar-refractivity contribution in [3.8, 4) is 0 Å². The van der Waals surface area contributed by atoms with Crippen LogP contribution >= 0.6 is 0 Å². The average molecular weight is 379 g/mol. The predicted octanol–water partition coefficient (Wildman–Crippen LogP) is 6.43. The number of esters is 1. The third-order valence-corrected chi connectivity index (χ3v) is 6.37. The Labute approximate surface area is 170 Å². The smallest absolute Gasteiger partial charge is 0.330 e. The van der Waals surface area contributed by atoms with E-state index in [1.54, 1.807) is 11.6 Å². The largest absolute Gasteiger partial charge is 0.463 e. The maximum atomic E-state index is 11.5. The molecule has 1 aromatic rings. The summed E-state index contributed by atoms with van der Waals surface area (Å²) in [6.07, 6.45) is 12.5. The summed E-state index contributed by atoms with van der Waals surface area (Å²) in [4.78, 5) is 11.5. The minimum absolute atomic E-state index is 0.238. The van der Waals surface area contributed by atoms with Gasteiger partial charge in [-0.15, -0.1) is 0 Å². The summed E-state index contributed by atoms with van der Waals surface area (Å²) < 4.78 is 4.96. The van der Waals surface area contributed by atoms with E-state index in [4.69, 9.17) is 4.74 Å². The zero-order valence-corrected chi connectivity index (χ0v) is 18.3. The van der Waals surface area contributed by atoms with Crippen LogP contribution in [0.1, 0.15) is 83.1 Å². The molecule has 2 nitrogen and oxygen atoms in total. The molecule has 1 aromatic carbocycles. The monoisotopic (exact) mass is 378 g/mol. The first-order valence-electron chi connectivity index (χ1n) is 10.5. The van der Waals surface area contributed by atoms with Gasteiger partial charge in [-0.25, -0.2) is 4.79 Å². The molecule has 0 fully saturated rings. The summed E-state index contributed by atoms with van der Waals surface area (Å²) in [5.41, 5.74) is 8.79. The van der Waals surface area contributed by atoms with Crippen LogP contribution in [0.5, 0.6) is 0 Å². The van der Waals surface area contributed by atoms with Crippen molar-refractivity contribution in [3.63, 3.8) is 0 Å². The summed E-state index contributed by atoms with van der Waals surface area (Å²) in [5.74, 6) is -0.278. The van der Waals surface area contributed by atoms with Crippen molar-refractivity contribution >= 4 is 11.5 Å². The van der Waals surface area contributed by atoms with Crippen molar-refractivity contribution < 1.29 is 9.53 Å². The summed E-state index contributed by atoms with van der Waals surface area (Å²) in [6, 6.07) is 4.96. The number of rotatable bonds is 4. The number of ether oxygens (including phenoxy) is 1. The first-order valence-corrected chi connectivity index (χ1v) is 10.5. The number of hydrogen-bond donors (Lipinski definition) is 0. The Kier molecular flexibility index (Phi) is 5.70. The Balaban J connectivity index is 1.89. The van der Waals surface area contributed by atoms with Gasteiger partial charge in [0.15, 0.2) is 0 Å². The van der Waals surface area contributed by atoms with Crippen LogP contribution in [-0.2, 0) is 26.8 Å². The second-order valence-corrected chi connectivity index (χ2v) is 9.51. The standard InChI is InChI=1S/C26H34O2/c1-7-28-24(27)15-18(2)9-8-10-19-11-12-20-16-22-23(17-21(19)20)26(5,6)14-13-25(22,3)4/h8-10,15-17H,7,11-14H2,1-6H3/b9-8+,18-15+,19-10-. The minimum Gasteiger partial charge on any atom is -0.463 e. The summed E-state index contributed by atoms with van der Waals surface area (Å²) in [5, 5.41) is 0. The van der Waals surface area contributed by atoms with Crippen LogP contribution in [0.4, 0.5) is 0 Å². The number of hydrogen-bond acceptors (Lipinski definition) is 2. The van der Waals surface area contributed by atoms with E-state index in [1.807, 2.05) is 19.9 Å². The molecule has 0 aliphatic heterocycles. The average Bonchev–Trinajstić information content (AvgIpc) is 3.01. The van der Waals surface area contributed by atoms with Crippen LogP contribution in [0.25, 0.3) is 5.57 Å². The normalized spacial score (nSPS) is 21.6. The van der Waals surface area contributed by atoms with Gasteiger partial charge in [-0.2, -0.15) is 0 Å². The highest BCUT2D eigenvalue weighted by molar-refractivity contribution is 5.83. The van der Waals surface area contributed by atoms with E-state index in [0.717, 1.165) is 18.4 Å². The van der Waals surface area contributed by atoms with Gasteiger partial charge in [-0.3, -0.25) is 0 Å². The maximum absolute atomic E-state index is 11.5. The molecule has 0 saturated carbocycles. The second kappa shape index (κ2) is 7.73. The van der Waals surface area contributed by atoms with E-state index >= 15 is 0 Å². The van der Waals surface area contributed by atoms with Crippen LogP contribution in [0.2, 0.25) is 0 Å². The lowest BCUT2D eigenvalue weighted by molar-refractivity contribution is -0.137. The predicted molar refractivity (Wildman–Crippen MR) is 118 cm³/mol. The molecular formula is C26H34O2. The molecule has 0 radical (unpaired) electrons. The molecular weight excluding hydrogens is 344 g/mol. The molecule has 0 aromatic heterocycles. The van der Waals surface area contributed by atoms with Crippen LogP contribution in [0, 0.1) is 0 Å². The highest BCUT2D eigenvalue weighted by Gasteiger charge is 2.38. The highest BCUT2D eigenvalue weighted by Crippen LogP contribution is 2.48. The molecule has 150 valence electrons. The quantitative estimate of drug-likeness (QED) is 0.343. The van der Waals surface area contributed by atoms with E-state index < -0.39 is 0 Å². The molecule has 28 heavy (non-hydrogen) atoms. The Morgan fingerprint density at radius 2 is 1.71 bits per heavy atom. The Morgan fingerprint density at radius 1 is 1.07 bits per heavy atom.